The van der Waals surface area contributed by atoms with Crippen LogP contribution in [0.5, 0.6) is 0 Å². The minimum Gasteiger partial charge on any atom is -0.345 e. The number of fused-ring (bicyclic) bond motifs is 1. The smallest absolute Gasteiger partial charge is 0.313 e. The minimum atomic E-state index is -0.655. The van der Waals surface area contributed by atoms with Crippen molar-refractivity contribution >= 4 is 17.5 Å². The van der Waals surface area contributed by atoms with Crippen molar-refractivity contribution in [1.82, 2.24) is 15.5 Å². The van der Waals surface area contributed by atoms with Crippen LogP contribution in [0.2, 0.25) is 0 Å². The Bertz CT molecular complexity index is 948. The van der Waals surface area contributed by atoms with Crippen molar-refractivity contribution in [3.8, 4) is 11.1 Å². The van der Waals surface area contributed by atoms with Gasteiger partial charge >= 0.3 is 11.8 Å². The van der Waals surface area contributed by atoms with E-state index in [1.54, 1.807) is 12.1 Å². The summed E-state index contributed by atoms with van der Waals surface area (Å²) in [7, 11) is 0. The summed E-state index contributed by atoms with van der Waals surface area (Å²) in [5.41, 5.74) is 4.96. The maximum atomic E-state index is 12.2. The molecule has 2 amide bonds. The molecule has 1 unspecified atom stereocenters. The lowest BCUT2D eigenvalue weighted by Gasteiger charge is -2.22. The van der Waals surface area contributed by atoms with E-state index in [0.717, 1.165) is 29.7 Å². The van der Waals surface area contributed by atoms with Gasteiger partial charge in [0.2, 0.25) is 0 Å². The molecule has 1 aliphatic rings. The van der Waals surface area contributed by atoms with Crippen LogP contribution in [0.15, 0.2) is 60.8 Å². The Kier molecular flexibility index (Phi) is 4.70. The summed E-state index contributed by atoms with van der Waals surface area (Å²) in [6, 6.07) is 17.4. The molecule has 3 aromatic rings. The third kappa shape index (κ3) is 3.89. The fraction of sp³-hybridized carbons (Fsp3) is 0.190. The average molecular weight is 360 g/mol. The normalized spacial score (nSPS) is 15.6. The van der Waals surface area contributed by atoms with Crippen LogP contribution >= 0.6 is 0 Å². The second-order valence-electron chi connectivity index (χ2n) is 6.68. The van der Waals surface area contributed by atoms with Crippen molar-refractivity contribution in [1.29, 1.82) is 0 Å². The van der Waals surface area contributed by atoms with E-state index < -0.39 is 11.8 Å². The summed E-state index contributed by atoms with van der Waals surface area (Å²) in [6.07, 6.45) is 4.13. The molecule has 0 aliphatic heterocycles. The predicted octanol–water partition coefficient (Wildman–Crippen LogP) is 2.69. The Morgan fingerprint density at radius 2 is 1.70 bits per heavy atom. The number of nitrogens with one attached hydrogen (secondary N) is 3. The molecule has 136 valence electrons. The number of aromatic nitrogens is 2. The summed E-state index contributed by atoms with van der Waals surface area (Å²) in [6.45, 7) is 0. The van der Waals surface area contributed by atoms with Gasteiger partial charge in [0.25, 0.3) is 0 Å². The zero-order chi connectivity index (χ0) is 18.6. The van der Waals surface area contributed by atoms with E-state index in [-0.39, 0.29) is 6.04 Å². The van der Waals surface area contributed by atoms with Crippen molar-refractivity contribution < 1.29 is 9.59 Å². The first-order valence-corrected chi connectivity index (χ1v) is 8.97. The fourth-order valence-electron chi connectivity index (χ4n) is 3.35. The standard InChI is InChI=1S/C21H20N4O2/c26-20(21(27)24-18-11-8-16-13-22-25-19(16)12-18)23-17-9-6-15(7-10-17)14-4-2-1-3-5-14/h1-7,9-10,13,18H,8,11-12H2,(H,22,25)(H,23,26)(H,24,27). The van der Waals surface area contributed by atoms with E-state index >= 15 is 0 Å². The van der Waals surface area contributed by atoms with Gasteiger partial charge in [0.1, 0.15) is 0 Å². The lowest BCUT2D eigenvalue weighted by atomic mass is 9.94. The Morgan fingerprint density at radius 3 is 2.48 bits per heavy atom. The number of hydrogen-bond acceptors (Lipinski definition) is 3. The monoisotopic (exact) mass is 360 g/mol. The van der Waals surface area contributed by atoms with Gasteiger partial charge in [0.05, 0.1) is 6.20 Å². The van der Waals surface area contributed by atoms with E-state index in [2.05, 4.69) is 20.8 Å². The summed E-state index contributed by atoms with van der Waals surface area (Å²) >= 11 is 0. The number of H-pyrrole nitrogens is 1. The number of carbonyl (C=O) groups excluding carboxylic acids is 2. The highest BCUT2D eigenvalue weighted by Gasteiger charge is 2.24. The molecule has 0 bridgehead atoms. The van der Waals surface area contributed by atoms with Gasteiger partial charge in [-0.25, -0.2) is 0 Å². The molecule has 6 heteroatoms. The highest BCUT2D eigenvalue weighted by Crippen LogP contribution is 2.21. The zero-order valence-corrected chi connectivity index (χ0v) is 14.7. The van der Waals surface area contributed by atoms with Gasteiger partial charge in [0.15, 0.2) is 0 Å². The summed E-state index contributed by atoms with van der Waals surface area (Å²) in [5, 5.41) is 12.4. The Morgan fingerprint density at radius 1 is 0.963 bits per heavy atom. The summed E-state index contributed by atoms with van der Waals surface area (Å²) in [5.74, 6) is -1.27. The van der Waals surface area contributed by atoms with Crippen LogP contribution in [-0.4, -0.2) is 28.1 Å². The van der Waals surface area contributed by atoms with Crippen molar-refractivity contribution in [3.05, 3.63) is 72.1 Å². The minimum absolute atomic E-state index is 0.0587. The maximum absolute atomic E-state index is 12.2. The van der Waals surface area contributed by atoms with Crippen LogP contribution in [0.3, 0.4) is 0 Å². The molecule has 0 radical (unpaired) electrons. The first-order chi connectivity index (χ1) is 13.2. The number of carbonyl (C=O) groups is 2. The van der Waals surface area contributed by atoms with Crippen molar-refractivity contribution in [3.63, 3.8) is 0 Å². The molecule has 27 heavy (non-hydrogen) atoms. The van der Waals surface area contributed by atoms with E-state index in [9.17, 15) is 9.59 Å². The van der Waals surface area contributed by atoms with Crippen LogP contribution in [0, 0.1) is 0 Å². The van der Waals surface area contributed by atoms with Gasteiger partial charge < -0.3 is 10.6 Å². The number of amides is 2. The number of anilines is 1. The topological polar surface area (TPSA) is 86.9 Å². The highest BCUT2D eigenvalue weighted by molar-refractivity contribution is 6.39. The van der Waals surface area contributed by atoms with Crippen LogP contribution in [0.1, 0.15) is 17.7 Å². The van der Waals surface area contributed by atoms with Crippen LogP contribution in [0.25, 0.3) is 11.1 Å². The van der Waals surface area contributed by atoms with E-state index in [0.29, 0.717) is 12.1 Å². The Balaban J connectivity index is 1.34. The molecule has 4 rings (SSSR count). The number of nitrogens with zero attached hydrogens (tertiary/aromatic N) is 1. The largest absolute Gasteiger partial charge is 0.345 e. The van der Waals surface area contributed by atoms with Crippen LogP contribution in [0.4, 0.5) is 5.69 Å². The number of aromatic amines is 1. The molecular weight excluding hydrogens is 340 g/mol. The molecule has 0 fully saturated rings. The van der Waals surface area contributed by atoms with Gasteiger partial charge in [-0.2, -0.15) is 5.10 Å². The third-order valence-corrected chi connectivity index (χ3v) is 4.81. The molecule has 0 saturated heterocycles. The average Bonchev–Trinajstić information content (AvgIpc) is 3.17. The maximum Gasteiger partial charge on any atom is 0.313 e. The molecule has 1 aliphatic carbocycles. The number of benzene rings is 2. The second kappa shape index (κ2) is 7.45. The molecular formula is C21H20N4O2. The lowest BCUT2D eigenvalue weighted by molar-refractivity contribution is -0.136. The summed E-state index contributed by atoms with van der Waals surface area (Å²) < 4.78 is 0. The van der Waals surface area contributed by atoms with Gasteiger partial charge in [-0.15, -0.1) is 0 Å². The van der Waals surface area contributed by atoms with Crippen molar-refractivity contribution in [2.75, 3.05) is 5.32 Å². The predicted molar refractivity (Wildman–Crippen MR) is 103 cm³/mol. The van der Waals surface area contributed by atoms with E-state index in [1.165, 1.54) is 5.56 Å². The lowest BCUT2D eigenvalue weighted by Crippen LogP contribution is -2.44. The number of rotatable bonds is 3. The first kappa shape index (κ1) is 17.0. The van der Waals surface area contributed by atoms with Crippen molar-refractivity contribution in [2.24, 2.45) is 0 Å². The SMILES string of the molecule is O=C(Nc1ccc(-c2ccccc2)cc1)C(=O)NC1CCc2cn[nH]c2C1. The molecule has 1 heterocycles. The zero-order valence-electron chi connectivity index (χ0n) is 14.7. The van der Waals surface area contributed by atoms with E-state index in [1.807, 2.05) is 48.7 Å². The van der Waals surface area contributed by atoms with Crippen molar-refractivity contribution in [2.45, 2.75) is 25.3 Å². The molecule has 1 aromatic heterocycles. The van der Waals surface area contributed by atoms with Gasteiger partial charge in [-0.3, -0.25) is 14.7 Å². The second-order valence-corrected chi connectivity index (χ2v) is 6.68. The Labute approximate surface area is 157 Å². The quantitative estimate of drug-likeness (QED) is 0.628. The third-order valence-electron chi connectivity index (χ3n) is 4.81. The molecule has 0 spiro atoms. The molecule has 3 N–H and O–H groups in total. The van der Waals surface area contributed by atoms with Crippen LogP contribution in [-0.2, 0) is 22.4 Å². The van der Waals surface area contributed by atoms with Gasteiger partial charge in [-0.05, 0) is 41.7 Å². The van der Waals surface area contributed by atoms with E-state index in [4.69, 9.17) is 0 Å². The van der Waals surface area contributed by atoms with Gasteiger partial charge in [-0.1, -0.05) is 42.5 Å². The fourth-order valence-corrected chi connectivity index (χ4v) is 3.35. The first-order valence-electron chi connectivity index (χ1n) is 8.97. The molecule has 0 saturated carbocycles. The number of aryl methyl sites for hydroxylation is 1. The van der Waals surface area contributed by atoms with Gasteiger partial charge in [0, 0.05) is 23.8 Å². The number of hydrogen-bond donors (Lipinski definition) is 3. The molecule has 1 atom stereocenters. The Hall–Kier alpha value is -3.41. The summed E-state index contributed by atoms with van der Waals surface area (Å²) in [4.78, 5) is 24.4. The highest BCUT2D eigenvalue weighted by atomic mass is 16.2. The van der Waals surface area contributed by atoms with Crippen LogP contribution < -0.4 is 10.6 Å². The molecule has 6 nitrogen and oxygen atoms in total. The molecule has 2 aromatic carbocycles.